The number of halogens is 4. The molecule has 33 heavy (non-hydrogen) atoms. The summed E-state index contributed by atoms with van der Waals surface area (Å²) >= 11 is 3.43. The molecule has 4 amide bonds. The average Bonchev–Trinajstić information content (AvgIpc) is 2.87. The second-order valence-corrected chi connectivity index (χ2v) is 8.21. The van der Waals surface area contributed by atoms with Crippen LogP contribution >= 0.6 is 15.9 Å². The maximum Gasteiger partial charge on any atom is 0.416 e. The van der Waals surface area contributed by atoms with Crippen LogP contribution in [0.4, 0.5) is 39.8 Å². The molecule has 0 aromatic heterocycles. The van der Waals surface area contributed by atoms with E-state index >= 15 is 0 Å². The number of carbonyl (C=O) groups is 2. The number of benzene rings is 3. The molecule has 0 aliphatic carbocycles. The number of imide groups is 1. The monoisotopic (exact) mass is 517 g/mol. The van der Waals surface area contributed by atoms with E-state index < -0.39 is 23.8 Å². The molecule has 5 nitrogen and oxygen atoms in total. The first-order chi connectivity index (χ1) is 15.7. The molecule has 0 radical (unpaired) electrons. The van der Waals surface area contributed by atoms with Crippen molar-refractivity contribution < 1.29 is 22.8 Å². The van der Waals surface area contributed by atoms with E-state index in [0.29, 0.717) is 15.7 Å². The van der Waals surface area contributed by atoms with E-state index in [1.54, 1.807) is 55.5 Å². The van der Waals surface area contributed by atoms with Crippen LogP contribution in [0, 0.1) is 0 Å². The molecule has 0 bridgehead atoms. The third kappa shape index (κ3) is 4.32. The van der Waals surface area contributed by atoms with Crippen LogP contribution < -0.4 is 9.80 Å². The van der Waals surface area contributed by atoms with Crippen LogP contribution in [0.15, 0.2) is 77.3 Å². The Labute approximate surface area is 197 Å². The van der Waals surface area contributed by atoms with Gasteiger partial charge in [-0.05, 0) is 48.9 Å². The maximum atomic E-state index is 13.8. The molecule has 0 saturated carbocycles. The molecule has 9 heteroatoms. The van der Waals surface area contributed by atoms with E-state index in [1.807, 2.05) is 6.07 Å². The second-order valence-electron chi connectivity index (χ2n) is 7.36. The van der Waals surface area contributed by atoms with Gasteiger partial charge < -0.3 is 0 Å². The molecule has 0 N–H and O–H groups in total. The van der Waals surface area contributed by atoms with Gasteiger partial charge in [-0.2, -0.15) is 13.2 Å². The highest BCUT2D eigenvalue weighted by Gasteiger charge is 2.40. The van der Waals surface area contributed by atoms with E-state index in [-0.39, 0.29) is 24.5 Å². The van der Waals surface area contributed by atoms with Gasteiger partial charge in [-0.25, -0.2) is 14.5 Å². The first kappa shape index (κ1) is 22.8. The summed E-state index contributed by atoms with van der Waals surface area (Å²) in [6.45, 7) is 1.82. The Hall–Kier alpha value is -3.33. The highest BCUT2D eigenvalue weighted by molar-refractivity contribution is 9.10. The van der Waals surface area contributed by atoms with E-state index in [9.17, 15) is 22.8 Å². The zero-order valence-electron chi connectivity index (χ0n) is 17.5. The maximum absolute atomic E-state index is 13.8. The van der Waals surface area contributed by atoms with Gasteiger partial charge in [0.2, 0.25) is 0 Å². The van der Waals surface area contributed by atoms with Crippen LogP contribution in [0.25, 0.3) is 0 Å². The summed E-state index contributed by atoms with van der Waals surface area (Å²) in [6, 6.07) is 17.2. The summed E-state index contributed by atoms with van der Waals surface area (Å²) in [6.07, 6.45) is -4.61. The van der Waals surface area contributed by atoms with Crippen LogP contribution in [0.5, 0.6) is 0 Å². The van der Waals surface area contributed by atoms with Crippen molar-refractivity contribution in [2.75, 3.05) is 16.3 Å². The number of anilines is 3. The molecule has 0 saturated heterocycles. The predicted molar refractivity (Wildman–Crippen MR) is 124 cm³/mol. The van der Waals surface area contributed by atoms with Crippen molar-refractivity contribution in [2.45, 2.75) is 19.6 Å². The van der Waals surface area contributed by atoms with Gasteiger partial charge in [0.05, 0.1) is 29.2 Å². The molecule has 0 atom stereocenters. The average molecular weight is 518 g/mol. The molecule has 0 fully saturated rings. The quantitative estimate of drug-likeness (QED) is 0.367. The van der Waals surface area contributed by atoms with Gasteiger partial charge in [0, 0.05) is 11.0 Å². The lowest BCUT2D eigenvalue weighted by Crippen LogP contribution is -2.47. The molecule has 0 spiro atoms. The number of nitrogens with zero attached hydrogens (tertiary/aromatic N) is 3. The summed E-state index contributed by atoms with van der Waals surface area (Å²) < 4.78 is 41.4. The van der Waals surface area contributed by atoms with Crippen molar-refractivity contribution in [3.63, 3.8) is 0 Å². The van der Waals surface area contributed by atoms with Crippen molar-refractivity contribution >= 4 is 45.1 Å². The number of para-hydroxylation sites is 1. The highest BCUT2D eigenvalue weighted by atomic mass is 79.9. The summed E-state index contributed by atoms with van der Waals surface area (Å²) in [5, 5.41) is 0. The lowest BCUT2D eigenvalue weighted by atomic mass is 10.1. The van der Waals surface area contributed by atoms with Crippen LogP contribution in [-0.4, -0.2) is 23.5 Å². The number of fused-ring (bicyclic) bond motifs is 1. The first-order valence-electron chi connectivity index (χ1n) is 10.1. The lowest BCUT2D eigenvalue weighted by Gasteiger charge is -2.27. The van der Waals surface area contributed by atoms with E-state index in [2.05, 4.69) is 15.9 Å². The number of hydrogen-bond acceptors (Lipinski definition) is 2. The van der Waals surface area contributed by atoms with Crippen molar-refractivity contribution in [1.82, 2.24) is 4.90 Å². The van der Waals surface area contributed by atoms with Gasteiger partial charge in [-0.15, -0.1) is 0 Å². The number of hydrogen-bond donors (Lipinski definition) is 0. The highest BCUT2D eigenvalue weighted by Crippen LogP contribution is 2.42. The third-order valence-corrected chi connectivity index (χ3v) is 6.11. The van der Waals surface area contributed by atoms with Crippen LogP contribution in [0.3, 0.4) is 0 Å². The minimum atomic E-state index is -4.61. The SMILES string of the molecule is CCN1C(=O)N(Cc2ccccc2Br)C(=O)N(c2ccccc2)c2cc(C(F)(F)F)ccc21. The largest absolute Gasteiger partial charge is 0.416 e. The van der Waals surface area contributed by atoms with Gasteiger partial charge in [0.1, 0.15) is 0 Å². The van der Waals surface area contributed by atoms with Crippen molar-refractivity contribution in [2.24, 2.45) is 0 Å². The minimum Gasteiger partial charge on any atom is -0.292 e. The van der Waals surface area contributed by atoms with Crippen molar-refractivity contribution in [3.05, 3.63) is 88.4 Å². The molecule has 1 aliphatic rings. The molecule has 1 aliphatic heterocycles. The van der Waals surface area contributed by atoms with Gasteiger partial charge in [0.15, 0.2) is 0 Å². The molecule has 3 aromatic carbocycles. The van der Waals surface area contributed by atoms with Crippen LogP contribution in [0.2, 0.25) is 0 Å². The Kier molecular flexibility index (Phi) is 6.16. The fourth-order valence-electron chi connectivity index (χ4n) is 3.73. The predicted octanol–water partition coefficient (Wildman–Crippen LogP) is 7.19. The Balaban J connectivity index is 1.93. The summed E-state index contributed by atoms with van der Waals surface area (Å²) in [7, 11) is 0. The van der Waals surface area contributed by atoms with Gasteiger partial charge in [-0.1, -0.05) is 52.3 Å². The van der Waals surface area contributed by atoms with Crippen LogP contribution in [-0.2, 0) is 12.7 Å². The second kappa shape index (κ2) is 8.90. The van der Waals surface area contributed by atoms with Crippen molar-refractivity contribution in [1.29, 1.82) is 0 Å². The number of urea groups is 2. The summed E-state index contributed by atoms with van der Waals surface area (Å²) in [5.74, 6) is 0. The topological polar surface area (TPSA) is 43.9 Å². The van der Waals surface area contributed by atoms with E-state index in [1.165, 1.54) is 11.0 Å². The molecule has 4 rings (SSSR count). The first-order valence-corrected chi connectivity index (χ1v) is 10.9. The lowest BCUT2D eigenvalue weighted by molar-refractivity contribution is -0.137. The molecule has 3 aromatic rings. The molecule has 170 valence electrons. The zero-order chi connectivity index (χ0) is 23.8. The number of alkyl halides is 3. The zero-order valence-corrected chi connectivity index (χ0v) is 19.1. The Morgan fingerprint density at radius 1 is 0.818 bits per heavy atom. The molecular weight excluding hydrogens is 499 g/mol. The van der Waals surface area contributed by atoms with Gasteiger partial charge >= 0.3 is 18.2 Å². The third-order valence-electron chi connectivity index (χ3n) is 5.34. The normalized spacial score (nSPS) is 14.4. The molecule has 1 heterocycles. The van der Waals surface area contributed by atoms with Crippen molar-refractivity contribution in [3.8, 4) is 0 Å². The molecular formula is C24H19BrF3N3O2. The van der Waals surface area contributed by atoms with E-state index in [0.717, 1.165) is 21.9 Å². The number of carbonyl (C=O) groups excluding carboxylic acids is 2. The minimum absolute atomic E-state index is 0.00847. The Morgan fingerprint density at radius 2 is 1.48 bits per heavy atom. The molecule has 0 unspecified atom stereocenters. The fraction of sp³-hybridized carbons (Fsp3) is 0.167. The number of amides is 4. The smallest absolute Gasteiger partial charge is 0.292 e. The summed E-state index contributed by atoms with van der Waals surface area (Å²) in [5.41, 5.74) is 0.349. The number of rotatable bonds is 4. The summed E-state index contributed by atoms with van der Waals surface area (Å²) in [4.78, 5) is 30.8. The van der Waals surface area contributed by atoms with Gasteiger partial charge in [0.25, 0.3) is 0 Å². The van der Waals surface area contributed by atoms with E-state index in [4.69, 9.17) is 0 Å². The van der Waals surface area contributed by atoms with Crippen LogP contribution in [0.1, 0.15) is 18.1 Å². The Bertz CT molecular complexity index is 1200. The van der Waals surface area contributed by atoms with Gasteiger partial charge in [-0.3, -0.25) is 9.80 Å². The fourth-order valence-corrected chi connectivity index (χ4v) is 4.14. The Morgan fingerprint density at radius 3 is 2.12 bits per heavy atom. The standard InChI is InChI=1S/C24H19BrF3N3O2/c1-2-29-20-13-12-17(24(26,27)28)14-21(20)31(18-9-4-3-5-10-18)23(33)30(22(29)32)15-16-8-6-7-11-19(16)25/h3-14H,2,15H2,1H3.